The summed E-state index contributed by atoms with van der Waals surface area (Å²) in [5.74, 6) is 0. The first-order chi connectivity index (χ1) is 6.91. The molecule has 0 saturated carbocycles. The van der Waals surface area contributed by atoms with E-state index >= 15 is 0 Å². The molecule has 0 amide bonds. The van der Waals surface area contributed by atoms with Crippen molar-refractivity contribution in [3.63, 3.8) is 0 Å². The molecule has 0 N–H and O–H groups in total. The second-order valence-corrected chi connectivity index (χ2v) is 4.22. The summed E-state index contributed by atoms with van der Waals surface area (Å²) in [6.07, 6.45) is 18.7. The Balaban J connectivity index is 2.78. The molecule has 0 aliphatic rings. The van der Waals surface area contributed by atoms with Crippen LogP contribution < -0.4 is 0 Å². The van der Waals surface area contributed by atoms with Crippen molar-refractivity contribution in [1.82, 2.24) is 0 Å². The summed E-state index contributed by atoms with van der Waals surface area (Å²) < 4.78 is 0. The third-order valence-electron chi connectivity index (χ3n) is 2.74. The van der Waals surface area contributed by atoms with E-state index < -0.39 is 0 Å². The average molecular weight is 196 g/mol. The summed E-state index contributed by atoms with van der Waals surface area (Å²) in [5.41, 5.74) is 0. The van der Waals surface area contributed by atoms with Crippen LogP contribution >= 0.6 is 0 Å². The fraction of sp³-hybridized carbons (Fsp3) is 0.857. The minimum atomic E-state index is 1.31. The molecule has 0 aliphatic carbocycles. The van der Waals surface area contributed by atoms with Crippen molar-refractivity contribution in [1.29, 1.82) is 0 Å². The number of unbranched alkanes of at least 4 members (excludes halogenated alkanes) is 11. The second-order valence-electron chi connectivity index (χ2n) is 4.22. The quantitative estimate of drug-likeness (QED) is 0.391. The van der Waals surface area contributed by atoms with E-state index in [2.05, 4.69) is 26.7 Å². The molecule has 84 valence electrons. The third kappa shape index (κ3) is 12.0. The monoisotopic (exact) mass is 196 g/mol. The maximum atomic E-state index is 2.28. The van der Waals surface area contributed by atoms with Gasteiger partial charge in [-0.3, -0.25) is 0 Å². The smallest absolute Gasteiger partial charge is 0.0417 e. The lowest BCUT2D eigenvalue weighted by atomic mass is 10.1. The minimum Gasteiger partial charge on any atom is -0.0623 e. The standard InChI is InChI=1S/C14H28/c1-3-5-7-9-11-13-14-12-10-8-6-4-2/h3-4H,5-14H2,1-2H3. The van der Waals surface area contributed by atoms with E-state index in [1.165, 1.54) is 64.2 Å². The molecule has 0 spiro atoms. The van der Waals surface area contributed by atoms with Gasteiger partial charge in [0.2, 0.25) is 0 Å². The van der Waals surface area contributed by atoms with Gasteiger partial charge in [0, 0.05) is 0 Å². The maximum absolute atomic E-state index is 2.28. The third-order valence-corrected chi connectivity index (χ3v) is 2.74. The van der Waals surface area contributed by atoms with E-state index in [9.17, 15) is 0 Å². The van der Waals surface area contributed by atoms with Crippen LogP contribution in [0.3, 0.4) is 0 Å². The van der Waals surface area contributed by atoms with Gasteiger partial charge in [0.25, 0.3) is 0 Å². The van der Waals surface area contributed by atoms with Crippen LogP contribution in [0.1, 0.15) is 78.1 Å². The topological polar surface area (TPSA) is 0 Å². The molecule has 14 heavy (non-hydrogen) atoms. The van der Waals surface area contributed by atoms with Crippen LogP contribution in [0.25, 0.3) is 0 Å². The van der Waals surface area contributed by atoms with E-state index in [1.807, 2.05) is 0 Å². The molecule has 0 nitrogen and oxygen atoms in total. The fourth-order valence-corrected chi connectivity index (χ4v) is 1.76. The van der Waals surface area contributed by atoms with Gasteiger partial charge >= 0.3 is 0 Å². The minimum absolute atomic E-state index is 1.31. The molecule has 0 aromatic rings. The summed E-state index contributed by atoms with van der Waals surface area (Å²) in [4.78, 5) is 0. The zero-order valence-electron chi connectivity index (χ0n) is 10.2. The van der Waals surface area contributed by atoms with Gasteiger partial charge in [0.1, 0.15) is 0 Å². The molecule has 0 aromatic heterocycles. The molecule has 0 aromatic carbocycles. The first-order valence-corrected chi connectivity index (χ1v) is 6.47. The summed E-state index contributed by atoms with van der Waals surface area (Å²) in [5, 5.41) is 0. The van der Waals surface area contributed by atoms with Crippen LogP contribution in [-0.2, 0) is 0 Å². The van der Waals surface area contributed by atoms with Gasteiger partial charge in [-0.1, -0.05) is 78.1 Å². The summed E-state index contributed by atoms with van der Waals surface area (Å²) in [6, 6.07) is 0. The van der Waals surface area contributed by atoms with Gasteiger partial charge < -0.3 is 0 Å². The SMILES string of the molecule is C[CH]CCCCCCCCCC[CH]C. The van der Waals surface area contributed by atoms with Crippen molar-refractivity contribution >= 4 is 0 Å². The Hall–Kier alpha value is 0. The molecular formula is C14H28. The van der Waals surface area contributed by atoms with E-state index in [0.717, 1.165) is 0 Å². The van der Waals surface area contributed by atoms with Crippen LogP contribution in [0, 0.1) is 12.8 Å². The molecular weight excluding hydrogens is 168 g/mol. The van der Waals surface area contributed by atoms with Gasteiger partial charge in [-0.05, 0) is 12.8 Å². The van der Waals surface area contributed by atoms with Crippen molar-refractivity contribution in [3.8, 4) is 0 Å². The lowest BCUT2D eigenvalue weighted by Gasteiger charge is -2.01. The van der Waals surface area contributed by atoms with Crippen molar-refractivity contribution in [2.75, 3.05) is 0 Å². The molecule has 0 fully saturated rings. The molecule has 0 heteroatoms. The summed E-state index contributed by atoms with van der Waals surface area (Å²) in [6.45, 7) is 4.31. The Kier molecular flexibility index (Phi) is 13.0. The van der Waals surface area contributed by atoms with Crippen molar-refractivity contribution in [2.45, 2.75) is 78.1 Å². The van der Waals surface area contributed by atoms with Crippen LogP contribution in [-0.4, -0.2) is 0 Å². The van der Waals surface area contributed by atoms with Gasteiger partial charge in [-0.25, -0.2) is 0 Å². The predicted molar refractivity (Wildman–Crippen MR) is 66.1 cm³/mol. The van der Waals surface area contributed by atoms with Crippen molar-refractivity contribution < 1.29 is 0 Å². The largest absolute Gasteiger partial charge is 0.0623 e. The van der Waals surface area contributed by atoms with Crippen molar-refractivity contribution in [2.24, 2.45) is 0 Å². The van der Waals surface area contributed by atoms with E-state index in [4.69, 9.17) is 0 Å². The highest BCUT2D eigenvalue weighted by Gasteiger charge is 1.91. The molecule has 0 rings (SSSR count). The van der Waals surface area contributed by atoms with E-state index in [-0.39, 0.29) is 0 Å². The second kappa shape index (κ2) is 13.0. The van der Waals surface area contributed by atoms with Gasteiger partial charge in [0.15, 0.2) is 0 Å². The predicted octanol–water partition coefficient (Wildman–Crippen LogP) is 5.34. The Labute approximate surface area is 91.5 Å². The van der Waals surface area contributed by atoms with Crippen LogP contribution in [0.5, 0.6) is 0 Å². The normalized spacial score (nSPS) is 10.7. The molecule has 0 bridgehead atoms. The van der Waals surface area contributed by atoms with Crippen molar-refractivity contribution in [3.05, 3.63) is 12.8 Å². The Bertz CT molecular complexity index is 74.0. The highest BCUT2D eigenvalue weighted by molar-refractivity contribution is 4.57. The van der Waals surface area contributed by atoms with Gasteiger partial charge in [0.05, 0.1) is 0 Å². The lowest BCUT2D eigenvalue weighted by Crippen LogP contribution is -1.81. The number of hydrogen-bond donors (Lipinski definition) is 0. The fourth-order valence-electron chi connectivity index (χ4n) is 1.76. The molecule has 0 heterocycles. The summed E-state index contributed by atoms with van der Waals surface area (Å²) in [7, 11) is 0. The molecule has 0 aliphatic heterocycles. The maximum Gasteiger partial charge on any atom is -0.0417 e. The Morgan fingerprint density at radius 1 is 0.500 bits per heavy atom. The highest BCUT2D eigenvalue weighted by Crippen LogP contribution is 2.11. The van der Waals surface area contributed by atoms with Crippen LogP contribution in [0.15, 0.2) is 0 Å². The van der Waals surface area contributed by atoms with Gasteiger partial charge in [-0.15, -0.1) is 0 Å². The zero-order valence-corrected chi connectivity index (χ0v) is 10.2. The lowest BCUT2D eigenvalue weighted by molar-refractivity contribution is 0.565. The first-order valence-electron chi connectivity index (χ1n) is 6.47. The summed E-state index contributed by atoms with van der Waals surface area (Å²) >= 11 is 0. The van der Waals surface area contributed by atoms with Gasteiger partial charge in [-0.2, -0.15) is 0 Å². The van der Waals surface area contributed by atoms with E-state index in [0.29, 0.717) is 0 Å². The average Bonchev–Trinajstić information content (AvgIpc) is 2.21. The number of hydrogen-bond acceptors (Lipinski definition) is 0. The molecule has 0 unspecified atom stereocenters. The van der Waals surface area contributed by atoms with E-state index in [1.54, 1.807) is 0 Å². The van der Waals surface area contributed by atoms with Crippen LogP contribution in [0.4, 0.5) is 0 Å². The Morgan fingerprint density at radius 2 is 0.786 bits per heavy atom. The Morgan fingerprint density at radius 3 is 1.07 bits per heavy atom. The highest BCUT2D eigenvalue weighted by atomic mass is 14.0. The molecule has 0 saturated heterocycles. The number of rotatable bonds is 11. The zero-order chi connectivity index (χ0) is 10.5. The molecule has 2 radical (unpaired) electrons. The molecule has 0 atom stereocenters. The van der Waals surface area contributed by atoms with Crippen LogP contribution in [0.2, 0.25) is 0 Å². The first kappa shape index (κ1) is 14.0.